The first kappa shape index (κ1) is 28.2. The van der Waals surface area contributed by atoms with E-state index in [1.165, 1.54) is 48.2 Å². The molecule has 0 aliphatic carbocycles. The second kappa shape index (κ2) is 10.4. The summed E-state index contributed by atoms with van der Waals surface area (Å²) < 4.78 is 26.6. The van der Waals surface area contributed by atoms with Crippen molar-refractivity contribution in [3.8, 4) is 0 Å². The number of aliphatic hydroxyl groups excluding tert-OH is 1. The number of para-hydroxylation sites is 1. The molecule has 11 heteroatoms. The van der Waals surface area contributed by atoms with Gasteiger partial charge in [0.25, 0.3) is 17.6 Å². The van der Waals surface area contributed by atoms with Crippen LogP contribution in [0.3, 0.4) is 0 Å². The third-order valence-corrected chi connectivity index (χ3v) is 8.81. The number of fused-ring (bicyclic) bond motifs is 2. The van der Waals surface area contributed by atoms with Crippen LogP contribution in [-0.2, 0) is 29.9 Å². The van der Waals surface area contributed by atoms with Gasteiger partial charge in [-0.05, 0) is 45.3 Å². The number of hydrogen-bond acceptors (Lipinski definition) is 7. The zero-order chi connectivity index (χ0) is 28.7. The maximum absolute atomic E-state index is 14.3. The van der Waals surface area contributed by atoms with Gasteiger partial charge in [0, 0.05) is 38.3 Å². The van der Waals surface area contributed by atoms with Crippen molar-refractivity contribution in [1.29, 1.82) is 0 Å². The number of hydrogen-bond donors (Lipinski definition) is 1. The summed E-state index contributed by atoms with van der Waals surface area (Å²) in [6.45, 7) is 4.54. The van der Waals surface area contributed by atoms with E-state index < -0.39 is 38.9 Å². The highest BCUT2D eigenvalue weighted by Gasteiger charge is 2.66. The molecule has 2 aliphatic rings. The molecule has 0 aromatic heterocycles. The minimum atomic E-state index is -3.87. The third-order valence-electron chi connectivity index (χ3n) is 6.99. The number of amides is 2. The molecule has 0 radical (unpaired) electrons. The Kier molecular flexibility index (Phi) is 7.53. The highest BCUT2D eigenvalue weighted by molar-refractivity contribution is 7.89. The van der Waals surface area contributed by atoms with E-state index in [-0.39, 0.29) is 29.1 Å². The van der Waals surface area contributed by atoms with Crippen molar-refractivity contribution in [2.24, 2.45) is 0 Å². The van der Waals surface area contributed by atoms with Crippen molar-refractivity contribution >= 4 is 39.1 Å². The molecule has 2 aromatic rings. The molecule has 10 nitrogen and oxygen atoms in total. The summed E-state index contributed by atoms with van der Waals surface area (Å²) in [5, 5.41) is 11.6. The van der Waals surface area contributed by atoms with E-state index >= 15 is 0 Å². The number of anilines is 1. The fourth-order valence-electron chi connectivity index (χ4n) is 5.18. The molecule has 1 spiro atoms. The standard InChI is InChI=1S/C28H32N4O6S/c1-6-15-31-22-14-8-7-13-21(22)28(27(31)36)23(25(34)26(35)32(28)17-10-16-29(2)3)24(33)19-11-9-12-20(18-19)39(37,38)30(4)5/h6-9,11-14,18,33H,1,10,15-17H2,2-5H3/t28-/m0/s1. The summed E-state index contributed by atoms with van der Waals surface area (Å²) in [5.74, 6) is -3.10. The smallest absolute Gasteiger partial charge is 0.296 e. The van der Waals surface area contributed by atoms with Crippen molar-refractivity contribution in [3.05, 3.63) is 77.9 Å². The average molecular weight is 553 g/mol. The lowest BCUT2D eigenvalue weighted by Gasteiger charge is -2.34. The maximum atomic E-state index is 14.3. The molecular formula is C28H32N4O6S. The van der Waals surface area contributed by atoms with E-state index in [4.69, 9.17) is 0 Å². The van der Waals surface area contributed by atoms with Crippen molar-refractivity contribution in [1.82, 2.24) is 14.1 Å². The number of likely N-dealkylation sites (tertiary alicyclic amines) is 1. The van der Waals surface area contributed by atoms with Crippen LogP contribution in [0.2, 0.25) is 0 Å². The number of rotatable bonds is 9. The van der Waals surface area contributed by atoms with Gasteiger partial charge >= 0.3 is 0 Å². The Morgan fingerprint density at radius 2 is 1.74 bits per heavy atom. The van der Waals surface area contributed by atoms with Gasteiger partial charge in [-0.1, -0.05) is 36.4 Å². The monoisotopic (exact) mass is 552 g/mol. The summed E-state index contributed by atoms with van der Waals surface area (Å²) in [7, 11) is 2.64. The molecule has 206 valence electrons. The minimum absolute atomic E-state index is 0.00366. The molecule has 1 N–H and O–H groups in total. The lowest BCUT2D eigenvalue weighted by atomic mass is 9.82. The number of aliphatic hydroxyl groups is 1. The molecule has 1 fully saturated rings. The van der Waals surface area contributed by atoms with Crippen LogP contribution in [-0.4, -0.2) is 93.1 Å². The molecule has 0 saturated carbocycles. The lowest BCUT2D eigenvalue weighted by Crippen LogP contribution is -2.52. The fourth-order valence-corrected chi connectivity index (χ4v) is 6.13. The van der Waals surface area contributed by atoms with Gasteiger partial charge in [-0.2, -0.15) is 0 Å². The molecule has 1 saturated heterocycles. The number of ketones is 1. The second-order valence-corrected chi connectivity index (χ2v) is 12.1. The molecule has 4 rings (SSSR count). The van der Waals surface area contributed by atoms with Crippen LogP contribution in [0, 0.1) is 0 Å². The Morgan fingerprint density at radius 1 is 1.05 bits per heavy atom. The molecular weight excluding hydrogens is 520 g/mol. The Balaban J connectivity index is 2.02. The first-order valence-electron chi connectivity index (χ1n) is 12.4. The quantitative estimate of drug-likeness (QED) is 0.219. The summed E-state index contributed by atoms with van der Waals surface area (Å²) in [4.78, 5) is 46.0. The fraction of sp³-hybridized carbons (Fsp3) is 0.321. The summed E-state index contributed by atoms with van der Waals surface area (Å²) in [6, 6.07) is 12.3. The number of benzene rings is 2. The Labute approximate surface area is 228 Å². The molecule has 2 amide bonds. The highest BCUT2D eigenvalue weighted by Crippen LogP contribution is 2.53. The van der Waals surface area contributed by atoms with E-state index in [1.807, 2.05) is 19.0 Å². The van der Waals surface area contributed by atoms with E-state index in [9.17, 15) is 27.9 Å². The summed E-state index contributed by atoms with van der Waals surface area (Å²) in [5.41, 5.74) is -1.42. The van der Waals surface area contributed by atoms with Gasteiger partial charge < -0.3 is 19.8 Å². The SMILES string of the molecule is C=CCN1C(=O)[C@@]2(C(=C(O)c3cccc(S(=O)(=O)N(C)C)c3)C(=O)C(=O)N2CCCN(C)C)c2ccccc21. The van der Waals surface area contributed by atoms with Crippen LogP contribution in [0.5, 0.6) is 0 Å². The van der Waals surface area contributed by atoms with Gasteiger partial charge in [0.1, 0.15) is 5.76 Å². The van der Waals surface area contributed by atoms with Gasteiger partial charge in [-0.3, -0.25) is 14.4 Å². The van der Waals surface area contributed by atoms with Gasteiger partial charge in [0.15, 0.2) is 5.54 Å². The molecule has 2 aliphatic heterocycles. The van der Waals surface area contributed by atoms with Gasteiger partial charge in [0.2, 0.25) is 10.0 Å². The van der Waals surface area contributed by atoms with Crippen LogP contribution in [0.1, 0.15) is 17.5 Å². The van der Waals surface area contributed by atoms with E-state index in [2.05, 4.69) is 6.58 Å². The van der Waals surface area contributed by atoms with Crippen molar-refractivity contribution in [3.63, 3.8) is 0 Å². The van der Waals surface area contributed by atoms with E-state index in [1.54, 1.807) is 30.3 Å². The van der Waals surface area contributed by atoms with Gasteiger partial charge in [-0.25, -0.2) is 12.7 Å². The number of sulfonamides is 1. The van der Waals surface area contributed by atoms with E-state index in [0.29, 0.717) is 24.2 Å². The van der Waals surface area contributed by atoms with Crippen LogP contribution >= 0.6 is 0 Å². The predicted octanol–water partition coefficient (Wildman–Crippen LogP) is 2.00. The minimum Gasteiger partial charge on any atom is -0.507 e. The van der Waals surface area contributed by atoms with Gasteiger partial charge in [-0.15, -0.1) is 6.58 Å². The maximum Gasteiger partial charge on any atom is 0.296 e. The molecule has 39 heavy (non-hydrogen) atoms. The van der Waals surface area contributed by atoms with Gasteiger partial charge in [0.05, 0.1) is 16.2 Å². The predicted molar refractivity (Wildman–Crippen MR) is 147 cm³/mol. The molecule has 2 aromatic carbocycles. The number of carbonyl (C=O) groups excluding carboxylic acids is 3. The summed E-state index contributed by atoms with van der Waals surface area (Å²) >= 11 is 0. The largest absolute Gasteiger partial charge is 0.507 e. The second-order valence-electron chi connectivity index (χ2n) is 9.91. The van der Waals surface area contributed by atoms with Crippen LogP contribution in [0.4, 0.5) is 5.69 Å². The molecule has 1 atom stereocenters. The summed E-state index contributed by atoms with van der Waals surface area (Å²) in [6.07, 6.45) is 2.01. The molecule has 2 heterocycles. The van der Waals surface area contributed by atoms with Crippen molar-refractivity contribution in [2.45, 2.75) is 16.9 Å². The van der Waals surface area contributed by atoms with Crippen LogP contribution < -0.4 is 4.90 Å². The average Bonchev–Trinajstić information content (AvgIpc) is 3.27. The number of carbonyl (C=O) groups is 3. The first-order chi connectivity index (χ1) is 18.4. The number of nitrogens with zero attached hydrogens (tertiary/aromatic N) is 4. The normalized spacial score (nSPS) is 20.5. The third kappa shape index (κ3) is 4.36. The van der Waals surface area contributed by atoms with Crippen LogP contribution in [0.25, 0.3) is 5.76 Å². The highest BCUT2D eigenvalue weighted by atomic mass is 32.2. The van der Waals surface area contributed by atoms with Crippen LogP contribution in [0.15, 0.2) is 71.7 Å². The molecule has 0 unspecified atom stereocenters. The van der Waals surface area contributed by atoms with Crippen molar-refractivity contribution in [2.75, 3.05) is 52.7 Å². The Morgan fingerprint density at radius 3 is 2.38 bits per heavy atom. The molecule has 0 bridgehead atoms. The topological polar surface area (TPSA) is 119 Å². The zero-order valence-corrected chi connectivity index (χ0v) is 23.2. The zero-order valence-electron chi connectivity index (χ0n) is 22.4. The first-order valence-corrected chi connectivity index (χ1v) is 13.8. The Hall–Kier alpha value is -3.80. The van der Waals surface area contributed by atoms with Crippen molar-refractivity contribution < 1.29 is 27.9 Å². The Bertz CT molecular complexity index is 1500. The van der Waals surface area contributed by atoms with E-state index in [0.717, 1.165) is 4.31 Å². The number of Topliss-reactive ketones (excluding diaryl/α,β-unsaturated/α-hetero) is 1. The lowest BCUT2D eigenvalue weighted by molar-refractivity contribution is -0.143.